The Balaban J connectivity index is 1.53. The third-order valence-electron chi connectivity index (χ3n) is 5.52. The number of hydrogen-bond acceptors (Lipinski definition) is 5. The van der Waals surface area contributed by atoms with Crippen molar-refractivity contribution in [2.75, 3.05) is 16.4 Å². The molecule has 5 N–H and O–H groups in total. The number of carbonyl (C=O) groups is 2. The molecule has 0 unspecified atom stereocenters. The number of nitrogens with two attached hydrogens (primary N) is 1. The number of anilines is 3. The molecule has 0 radical (unpaired) electrons. The van der Waals surface area contributed by atoms with E-state index >= 15 is 0 Å². The molecule has 1 atom stereocenters. The highest BCUT2D eigenvalue weighted by Crippen LogP contribution is 2.38. The van der Waals surface area contributed by atoms with Crippen molar-refractivity contribution >= 4 is 71.7 Å². The van der Waals surface area contributed by atoms with Crippen LogP contribution in [0.1, 0.15) is 18.1 Å². The van der Waals surface area contributed by atoms with E-state index in [1.54, 1.807) is 48.5 Å². The molecule has 2 amide bonds. The lowest BCUT2D eigenvalue weighted by Crippen LogP contribution is -2.18. The largest absolute Gasteiger partial charge is 0.506 e. The Hall–Kier alpha value is -3.82. The van der Waals surface area contributed by atoms with Crippen molar-refractivity contribution in [3.05, 3.63) is 106 Å². The summed E-state index contributed by atoms with van der Waals surface area (Å²) in [5.41, 5.74) is 7.78. The summed E-state index contributed by atoms with van der Waals surface area (Å²) in [6.07, 6.45) is 1.42. The highest BCUT2D eigenvalue weighted by atomic mass is 79.9. The van der Waals surface area contributed by atoms with Crippen LogP contribution in [0.25, 0.3) is 10.8 Å². The molecule has 0 fully saturated rings. The molecule has 0 aliphatic carbocycles. The molecule has 7 nitrogen and oxygen atoms in total. The number of hydrogen-bond donors (Lipinski definition) is 4. The molecule has 0 aliphatic rings. The van der Waals surface area contributed by atoms with Gasteiger partial charge in [-0.2, -0.15) is 0 Å². The van der Waals surface area contributed by atoms with Crippen LogP contribution in [0.5, 0.6) is 5.75 Å². The van der Waals surface area contributed by atoms with Crippen LogP contribution in [-0.4, -0.2) is 17.1 Å². The number of amides is 2. The van der Waals surface area contributed by atoms with E-state index < -0.39 is 18.1 Å². The number of nitrogens with one attached hydrogen (secondary N) is 2. The smallest absolute Gasteiger partial charge is 0.412 e. The molecular formula is C28H23Br2N3O4. The van der Waals surface area contributed by atoms with Gasteiger partial charge in [0, 0.05) is 21.8 Å². The Morgan fingerprint density at radius 2 is 1.65 bits per heavy atom. The maximum atomic E-state index is 12.9. The quantitative estimate of drug-likeness (QED) is 0.125. The Kier molecular flexibility index (Phi) is 8.47. The van der Waals surface area contributed by atoms with Crippen LogP contribution >= 0.6 is 31.9 Å². The molecule has 0 aliphatic heterocycles. The minimum Gasteiger partial charge on any atom is -0.506 e. The summed E-state index contributed by atoms with van der Waals surface area (Å²) in [6.45, 7) is 0. The van der Waals surface area contributed by atoms with E-state index in [1.165, 1.54) is 6.08 Å². The van der Waals surface area contributed by atoms with Gasteiger partial charge >= 0.3 is 6.09 Å². The molecule has 0 saturated heterocycles. The Bertz CT molecular complexity index is 1480. The molecule has 0 spiro atoms. The molecule has 0 bridgehead atoms. The first kappa shape index (κ1) is 26.2. The number of halogens is 2. The van der Waals surface area contributed by atoms with Crippen molar-refractivity contribution in [2.45, 2.75) is 12.5 Å². The van der Waals surface area contributed by atoms with E-state index in [4.69, 9.17) is 10.5 Å². The summed E-state index contributed by atoms with van der Waals surface area (Å²) in [5, 5.41) is 18.0. The van der Waals surface area contributed by atoms with Gasteiger partial charge in [-0.1, -0.05) is 70.5 Å². The molecule has 0 saturated carbocycles. The number of benzene rings is 4. The van der Waals surface area contributed by atoms with Crippen LogP contribution in [0.15, 0.2) is 100.0 Å². The van der Waals surface area contributed by atoms with Gasteiger partial charge in [-0.15, -0.1) is 0 Å². The second-order valence-electron chi connectivity index (χ2n) is 8.09. The van der Waals surface area contributed by atoms with Crippen LogP contribution in [0.3, 0.4) is 0 Å². The molecule has 4 rings (SSSR count). The Morgan fingerprint density at radius 3 is 2.46 bits per heavy atom. The molecule has 4 aromatic rings. The van der Waals surface area contributed by atoms with Gasteiger partial charge in [-0.3, -0.25) is 10.1 Å². The SMILES string of the molecule is Nc1ccccc1NC(=O)/C=C/C[C@H](OC(=O)Nc1cccc2ccccc12)c1cc(Br)cc(Br)c1O. The zero-order chi connectivity index (χ0) is 26.4. The van der Waals surface area contributed by atoms with Crippen molar-refractivity contribution in [1.82, 2.24) is 0 Å². The fourth-order valence-corrected chi connectivity index (χ4v) is 5.02. The second-order valence-corrected chi connectivity index (χ2v) is 9.86. The number of rotatable bonds is 7. The summed E-state index contributed by atoms with van der Waals surface area (Å²) in [4.78, 5) is 25.3. The van der Waals surface area contributed by atoms with Crippen molar-refractivity contribution in [1.29, 1.82) is 0 Å². The van der Waals surface area contributed by atoms with E-state index in [2.05, 4.69) is 42.5 Å². The molecule has 0 heterocycles. The lowest BCUT2D eigenvalue weighted by atomic mass is 10.0. The van der Waals surface area contributed by atoms with E-state index in [1.807, 2.05) is 36.4 Å². The predicted octanol–water partition coefficient (Wildman–Crippen LogP) is 7.53. The number of fused-ring (bicyclic) bond motifs is 1. The number of aromatic hydroxyl groups is 1. The topological polar surface area (TPSA) is 114 Å². The van der Waals surface area contributed by atoms with Crippen molar-refractivity contribution in [3.8, 4) is 5.75 Å². The van der Waals surface area contributed by atoms with Gasteiger partial charge in [-0.25, -0.2) is 4.79 Å². The molecule has 188 valence electrons. The minimum absolute atomic E-state index is 0.0685. The third kappa shape index (κ3) is 6.69. The predicted molar refractivity (Wildman–Crippen MR) is 154 cm³/mol. The average molecular weight is 625 g/mol. The number of ether oxygens (including phenoxy) is 1. The van der Waals surface area contributed by atoms with Gasteiger partial charge in [0.05, 0.1) is 21.5 Å². The monoisotopic (exact) mass is 623 g/mol. The van der Waals surface area contributed by atoms with Gasteiger partial charge in [0.1, 0.15) is 11.9 Å². The highest BCUT2D eigenvalue weighted by molar-refractivity contribution is 9.11. The molecule has 4 aromatic carbocycles. The fraction of sp³-hybridized carbons (Fsp3) is 0.0714. The number of phenolic OH excluding ortho intramolecular Hbond substituents is 1. The van der Waals surface area contributed by atoms with Crippen LogP contribution in [0, 0.1) is 0 Å². The van der Waals surface area contributed by atoms with E-state index in [9.17, 15) is 14.7 Å². The van der Waals surface area contributed by atoms with Gasteiger partial charge in [0.25, 0.3) is 0 Å². The summed E-state index contributed by atoms with van der Waals surface area (Å²) in [5.74, 6) is -0.461. The Labute approximate surface area is 230 Å². The van der Waals surface area contributed by atoms with E-state index in [-0.39, 0.29) is 12.2 Å². The van der Waals surface area contributed by atoms with E-state index in [0.29, 0.717) is 31.6 Å². The van der Waals surface area contributed by atoms with Gasteiger partial charge < -0.3 is 20.9 Å². The van der Waals surface area contributed by atoms with Gasteiger partial charge in [0.15, 0.2) is 0 Å². The molecule has 37 heavy (non-hydrogen) atoms. The molecule has 9 heteroatoms. The summed E-state index contributed by atoms with van der Waals surface area (Å²) >= 11 is 6.72. The maximum Gasteiger partial charge on any atom is 0.412 e. The van der Waals surface area contributed by atoms with Crippen LogP contribution in [0.2, 0.25) is 0 Å². The molecule has 0 aromatic heterocycles. The standard InChI is InChI=1S/C28H23Br2N3O4/c29-18-15-20(27(35)21(30)16-18)25(13-6-14-26(34)32-24-11-4-3-10-22(24)31)37-28(36)33-23-12-5-8-17-7-1-2-9-19(17)23/h1-12,14-16,25,35H,13,31H2,(H,32,34)(H,33,36)/b14-6+/t25-/m0/s1. The van der Waals surface area contributed by atoms with Crippen molar-refractivity contribution in [3.63, 3.8) is 0 Å². The van der Waals surface area contributed by atoms with Crippen LogP contribution < -0.4 is 16.4 Å². The normalized spacial score (nSPS) is 11.8. The maximum absolute atomic E-state index is 12.9. The lowest BCUT2D eigenvalue weighted by Gasteiger charge is -2.20. The van der Waals surface area contributed by atoms with Gasteiger partial charge in [0.2, 0.25) is 5.91 Å². The highest BCUT2D eigenvalue weighted by Gasteiger charge is 2.22. The Morgan fingerprint density at radius 1 is 0.946 bits per heavy atom. The zero-order valence-corrected chi connectivity index (χ0v) is 22.6. The fourth-order valence-electron chi connectivity index (χ4n) is 3.76. The number of carbonyl (C=O) groups excluding carboxylic acids is 2. The number of para-hydroxylation sites is 2. The third-order valence-corrected chi connectivity index (χ3v) is 6.58. The average Bonchev–Trinajstić information content (AvgIpc) is 2.87. The number of phenols is 1. The van der Waals surface area contributed by atoms with Gasteiger partial charge in [-0.05, 0) is 57.7 Å². The summed E-state index contributed by atoms with van der Waals surface area (Å²) < 4.78 is 6.85. The molecular weight excluding hydrogens is 602 g/mol. The second kappa shape index (κ2) is 11.9. The lowest BCUT2D eigenvalue weighted by molar-refractivity contribution is -0.111. The van der Waals surface area contributed by atoms with Crippen LogP contribution in [0.4, 0.5) is 21.9 Å². The van der Waals surface area contributed by atoms with Crippen molar-refractivity contribution < 1.29 is 19.4 Å². The first-order chi connectivity index (χ1) is 17.8. The first-order valence-corrected chi connectivity index (χ1v) is 12.9. The van der Waals surface area contributed by atoms with Crippen LogP contribution in [-0.2, 0) is 9.53 Å². The number of nitrogen functional groups attached to an aromatic ring is 1. The van der Waals surface area contributed by atoms with E-state index in [0.717, 1.165) is 10.8 Å². The zero-order valence-electron chi connectivity index (χ0n) is 19.4. The van der Waals surface area contributed by atoms with Crippen molar-refractivity contribution in [2.24, 2.45) is 0 Å². The summed E-state index contributed by atoms with van der Waals surface area (Å²) in [7, 11) is 0. The summed E-state index contributed by atoms with van der Waals surface area (Å²) in [6, 6.07) is 23.5. The minimum atomic E-state index is -0.894. The first-order valence-electron chi connectivity index (χ1n) is 11.3.